The molecular formula is C19H19F2N5O. The van der Waals surface area contributed by atoms with E-state index in [1.54, 1.807) is 12.4 Å². The maximum absolute atomic E-state index is 13.2. The van der Waals surface area contributed by atoms with Crippen LogP contribution < -0.4 is 10.6 Å². The van der Waals surface area contributed by atoms with Gasteiger partial charge in [-0.3, -0.25) is 4.79 Å². The Bertz CT molecular complexity index is 1030. The van der Waals surface area contributed by atoms with Gasteiger partial charge in [-0.05, 0) is 42.7 Å². The average Bonchev–Trinajstić information content (AvgIpc) is 3.25. The summed E-state index contributed by atoms with van der Waals surface area (Å²) in [7, 11) is 1.86. The molecule has 140 valence electrons. The number of anilines is 2. The molecule has 3 aromatic rings. The molecule has 2 atom stereocenters. The number of carbonyl (C=O) groups is 1. The monoisotopic (exact) mass is 371 g/mol. The predicted octanol–water partition coefficient (Wildman–Crippen LogP) is 3.32. The van der Waals surface area contributed by atoms with Gasteiger partial charge in [0.15, 0.2) is 0 Å². The molecule has 1 aromatic carbocycles. The Hall–Kier alpha value is -3.03. The largest absolute Gasteiger partial charge is 0.381 e. The highest BCUT2D eigenvalue weighted by Crippen LogP contribution is 2.36. The summed E-state index contributed by atoms with van der Waals surface area (Å²) >= 11 is 0. The zero-order valence-corrected chi connectivity index (χ0v) is 15.0. The van der Waals surface area contributed by atoms with Crippen LogP contribution in [0.15, 0.2) is 30.7 Å². The van der Waals surface area contributed by atoms with E-state index in [9.17, 15) is 13.6 Å². The number of amides is 1. The number of aromatic nitrogens is 3. The van der Waals surface area contributed by atoms with Crippen LogP contribution in [0.3, 0.4) is 0 Å². The molecule has 0 unspecified atom stereocenters. The molecule has 0 aliphatic heterocycles. The first kappa shape index (κ1) is 17.4. The molecule has 2 N–H and O–H groups in total. The van der Waals surface area contributed by atoms with Gasteiger partial charge in [0.2, 0.25) is 11.9 Å². The van der Waals surface area contributed by atoms with Gasteiger partial charge in [0, 0.05) is 25.5 Å². The zero-order chi connectivity index (χ0) is 19.1. The molecule has 2 aromatic heterocycles. The number of imidazole rings is 1. The number of pyridine rings is 1. The summed E-state index contributed by atoms with van der Waals surface area (Å²) in [5.41, 5.74) is 4.44. The molecule has 0 spiro atoms. The third-order valence-corrected chi connectivity index (χ3v) is 4.81. The Kier molecular flexibility index (Phi) is 4.25. The quantitative estimate of drug-likeness (QED) is 0.675. The molecule has 1 amide bonds. The highest BCUT2D eigenvalue weighted by Gasteiger charge is 2.43. The summed E-state index contributed by atoms with van der Waals surface area (Å²) in [5.74, 6) is -1.41. The van der Waals surface area contributed by atoms with Crippen molar-refractivity contribution < 1.29 is 13.6 Å². The van der Waals surface area contributed by atoms with E-state index < -0.39 is 18.0 Å². The molecule has 0 bridgehead atoms. The number of hydrogen-bond acceptors (Lipinski definition) is 4. The summed E-state index contributed by atoms with van der Waals surface area (Å²) < 4.78 is 28.2. The third kappa shape index (κ3) is 3.47. The van der Waals surface area contributed by atoms with Crippen LogP contribution in [0.5, 0.6) is 0 Å². The fourth-order valence-electron chi connectivity index (χ4n) is 3.02. The lowest BCUT2D eigenvalue weighted by molar-refractivity contribution is -0.117. The fourth-order valence-corrected chi connectivity index (χ4v) is 3.02. The molecule has 2 heterocycles. The minimum absolute atomic E-state index is 0.270. The molecule has 0 radical (unpaired) electrons. The smallest absolute Gasteiger partial charge is 0.230 e. The SMILES string of the molecule is Cc1cc(F)ncc1CNc1cc(NC(=O)[C@H]2C[C@H]2F)c2ncn(C)c2c1. The van der Waals surface area contributed by atoms with Gasteiger partial charge in [-0.15, -0.1) is 0 Å². The second kappa shape index (κ2) is 6.61. The van der Waals surface area contributed by atoms with Crippen molar-refractivity contribution in [2.24, 2.45) is 13.0 Å². The number of benzene rings is 1. The molecule has 1 saturated carbocycles. The van der Waals surface area contributed by atoms with Crippen LogP contribution in [0.2, 0.25) is 0 Å². The van der Waals surface area contributed by atoms with Gasteiger partial charge in [0.25, 0.3) is 0 Å². The molecule has 4 rings (SSSR count). The van der Waals surface area contributed by atoms with Crippen LogP contribution in [0.4, 0.5) is 20.2 Å². The van der Waals surface area contributed by atoms with Gasteiger partial charge < -0.3 is 15.2 Å². The van der Waals surface area contributed by atoms with Crippen molar-refractivity contribution in [1.29, 1.82) is 0 Å². The molecule has 1 aliphatic carbocycles. The highest BCUT2D eigenvalue weighted by atomic mass is 19.1. The van der Waals surface area contributed by atoms with E-state index in [0.29, 0.717) is 17.7 Å². The molecule has 1 aliphatic rings. The van der Waals surface area contributed by atoms with Crippen molar-refractivity contribution >= 4 is 28.3 Å². The number of carbonyl (C=O) groups excluding carboxylic acids is 1. The maximum Gasteiger partial charge on any atom is 0.230 e. The van der Waals surface area contributed by atoms with Crippen LogP contribution in [0, 0.1) is 18.8 Å². The lowest BCUT2D eigenvalue weighted by Crippen LogP contribution is -2.15. The molecular weight excluding hydrogens is 352 g/mol. The number of rotatable bonds is 5. The van der Waals surface area contributed by atoms with Crippen LogP contribution in [-0.2, 0) is 18.4 Å². The lowest BCUT2D eigenvalue weighted by atomic mass is 10.1. The second-order valence-corrected chi connectivity index (χ2v) is 6.88. The molecule has 0 saturated heterocycles. The molecule has 8 heteroatoms. The topological polar surface area (TPSA) is 71.8 Å². The molecule has 27 heavy (non-hydrogen) atoms. The predicted molar refractivity (Wildman–Crippen MR) is 98.6 cm³/mol. The zero-order valence-electron chi connectivity index (χ0n) is 15.0. The first-order valence-corrected chi connectivity index (χ1v) is 8.67. The number of hydrogen-bond donors (Lipinski definition) is 2. The molecule has 1 fully saturated rings. The normalized spacial score (nSPS) is 18.5. The van der Waals surface area contributed by atoms with E-state index in [1.165, 1.54) is 12.3 Å². The third-order valence-electron chi connectivity index (χ3n) is 4.81. The van der Waals surface area contributed by atoms with Gasteiger partial charge in [-0.2, -0.15) is 4.39 Å². The fraction of sp³-hybridized carbons (Fsp3) is 0.316. The van der Waals surface area contributed by atoms with Gasteiger partial charge in [-0.25, -0.2) is 14.4 Å². The summed E-state index contributed by atoms with van der Waals surface area (Å²) in [6.07, 6.45) is 2.37. The van der Waals surface area contributed by atoms with E-state index in [1.807, 2.05) is 24.6 Å². The lowest BCUT2D eigenvalue weighted by Gasteiger charge is -2.12. The number of nitrogens with zero attached hydrogens (tertiary/aromatic N) is 3. The van der Waals surface area contributed by atoms with Gasteiger partial charge in [0.05, 0.1) is 23.4 Å². The number of alkyl halides is 1. The Labute approximate surface area is 154 Å². The van der Waals surface area contributed by atoms with Crippen LogP contribution in [0.25, 0.3) is 11.0 Å². The first-order valence-electron chi connectivity index (χ1n) is 8.67. The van der Waals surface area contributed by atoms with E-state index in [2.05, 4.69) is 20.6 Å². The number of fused-ring (bicyclic) bond motifs is 1. The van der Waals surface area contributed by atoms with E-state index >= 15 is 0 Å². The van der Waals surface area contributed by atoms with E-state index in [-0.39, 0.29) is 12.3 Å². The van der Waals surface area contributed by atoms with Crippen molar-refractivity contribution in [2.75, 3.05) is 10.6 Å². The number of nitrogens with one attached hydrogen (secondary N) is 2. The minimum atomic E-state index is -1.06. The Morgan fingerprint density at radius 1 is 1.33 bits per heavy atom. The Balaban J connectivity index is 1.60. The van der Waals surface area contributed by atoms with Crippen LogP contribution in [0.1, 0.15) is 17.5 Å². The van der Waals surface area contributed by atoms with Crippen molar-refractivity contribution in [3.8, 4) is 0 Å². The number of halogens is 2. The van der Waals surface area contributed by atoms with E-state index in [0.717, 1.165) is 22.3 Å². The second-order valence-electron chi connectivity index (χ2n) is 6.88. The van der Waals surface area contributed by atoms with E-state index in [4.69, 9.17) is 0 Å². The summed E-state index contributed by atoms with van der Waals surface area (Å²) in [6, 6.07) is 5.07. The average molecular weight is 371 g/mol. The highest BCUT2D eigenvalue weighted by molar-refractivity contribution is 6.03. The summed E-state index contributed by atoms with van der Waals surface area (Å²) in [4.78, 5) is 20.2. The Morgan fingerprint density at radius 3 is 2.81 bits per heavy atom. The van der Waals surface area contributed by atoms with Crippen LogP contribution in [-0.4, -0.2) is 26.6 Å². The van der Waals surface area contributed by atoms with Crippen LogP contribution >= 0.6 is 0 Å². The molecule has 6 nitrogen and oxygen atoms in total. The maximum atomic E-state index is 13.2. The minimum Gasteiger partial charge on any atom is -0.381 e. The van der Waals surface area contributed by atoms with Crippen molar-refractivity contribution in [3.05, 3.63) is 47.8 Å². The van der Waals surface area contributed by atoms with Crippen molar-refractivity contribution in [3.63, 3.8) is 0 Å². The van der Waals surface area contributed by atoms with Gasteiger partial charge >= 0.3 is 0 Å². The van der Waals surface area contributed by atoms with Gasteiger partial charge in [-0.1, -0.05) is 0 Å². The standard InChI is InChI=1S/C19H19F2N5O/c1-10-3-17(21)23-8-11(10)7-22-12-4-15(25-19(27)13-6-14(13)20)18-16(5-12)26(2)9-24-18/h3-5,8-9,13-14,22H,6-7H2,1-2H3,(H,25,27)/t13-,14+/m0/s1. The number of aryl methyl sites for hydroxylation is 2. The Morgan fingerprint density at radius 2 is 2.11 bits per heavy atom. The summed E-state index contributed by atoms with van der Waals surface area (Å²) in [5, 5.41) is 6.06. The van der Waals surface area contributed by atoms with Gasteiger partial charge in [0.1, 0.15) is 11.7 Å². The van der Waals surface area contributed by atoms with Crippen molar-refractivity contribution in [2.45, 2.75) is 26.1 Å². The van der Waals surface area contributed by atoms with Crippen molar-refractivity contribution in [1.82, 2.24) is 14.5 Å². The first-order chi connectivity index (χ1) is 12.9. The summed E-state index contributed by atoms with van der Waals surface area (Å²) in [6.45, 7) is 2.27.